The van der Waals surface area contributed by atoms with E-state index in [4.69, 9.17) is 4.74 Å². The summed E-state index contributed by atoms with van der Waals surface area (Å²) >= 11 is 0. The lowest BCUT2D eigenvalue weighted by atomic mass is 9.88. The van der Waals surface area contributed by atoms with Crippen LogP contribution in [0.3, 0.4) is 0 Å². The van der Waals surface area contributed by atoms with Gasteiger partial charge in [0.2, 0.25) is 10.0 Å². The zero-order valence-corrected chi connectivity index (χ0v) is 18.5. The van der Waals surface area contributed by atoms with Gasteiger partial charge < -0.3 is 14.9 Å². The average molecular weight is 434 g/mol. The van der Waals surface area contributed by atoms with Crippen LogP contribution < -0.4 is 0 Å². The normalized spacial score (nSPS) is 23.2. The second-order valence-corrected chi connectivity index (χ2v) is 9.69. The molecule has 164 valence electrons. The molecule has 1 aliphatic heterocycles. The van der Waals surface area contributed by atoms with Crippen LogP contribution in [-0.2, 0) is 14.8 Å². The Labute approximate surface area is 179 Å². The third-order valence-corrected chi connectivity index (χ3v) is 7.76. The van der Waals surface area contributed by atoms with Gasteiger partial charge in [0.05, 0.1) is 35.7 Å². The highest BCUT2D eigenvalue weighted by Gasteiger charge is 2.49. The second kappa shape index (κ2) is 9.58. The summed E-state index contributed by atoms with van der Waals surface area (Å²) in [6.07, 6.45) is -2.04. The predicted octanol–water partition coefficient (Wildman–Crippen LogP) is 3.24. The molecule has 0 unspecified atom stereocenters. The van der Waals surface area contributed by atoms with E-state index in [1.807, 2.05) is 19.9 Å². The van der Waals surface area contributed by atoms with E-state index in [2.05, 4.69) is 0 Å². The fraction of sp³-hybridized carbons (Fsp3) is 0.478. The monoisotopic (exact) mass is 433 g/mol. The lowest BCUT2D eigenvalue weighted by Crippen LogP contribution is -2.49. The van der Waals surface area contributed by atoms with Crippen LogP contribution in [0.5, 0.6) is 0 Å². The summed E-state index contributed by atoms with van der Waals surface area (Å²) in [5.74, 6) is -0.825. The zero-order chi connectivity index (χ0) is 21.9. The molecule has 0 spiro atoms. The molecule has 0 radical (unpaired) electrons. The topological polar surface area (TPSA) is 87.1 Å². The summed E-state index contributed by atoms with van der Waals surface area (Å²) in [6.45, 7) is 5.84. The molecule has 1 heterocycles. The van der Waals surface area contributed by atoms with Gasteiger partial charge in [0.25, 0.3) is 0 Å². The number of hydrogen-bond acceptors (Lipinski definition) is 5. The largest absolute Gasteiger partial charge is 0.393 e. The van der Waals surface area contributed by atoms with Crippen molar-refractivity contribution in [3.8, 4) is 0 Å². The first-order chi connectivity index (χ1) is 14.3. The molecule has 0 amide bonds. The summed E-state index contributed by atoms with van der Waals surface area (Å²) in [6, 6.07) is 15.3. The summed E-state index contributed by atoms with van der Waals surface area (Å²) in [5, 5.41) is 21.9. The van der Waals surface area contributed by atoms with E-state index in [9.17, 15) is 18.6 Å². The Morgan fingerprint density at radius 1 is 1.07 bits per heavy atom. The quantitative estimate of drug-likeness (QED) is 0.667. The minimum Gasteiger partial charge on any atom is -0.393 e. The summed E-state index contributed by atoms with van der Waals surface area (Å²) < 4.78 is 34.5. The highest BCUT2D eigenvalue weighted by molar-refractivity contribution is 7.89. The maximum Gasteiger partial charge on any atom is 0.245 e. The number of sulfonamides is 1. The van der Waals surface area contributed by atoms with Crippen molar-refractivity contribution in [1.82, 2.24) is 4.31 Å². The highest BCUT2D eigenvalue weighted by atomic mass is 32.2. The van der Waals surface area contributed by atoms with Gasteiger partial charge in [0.1, 0.15) is 6.23 Å². The summed E-state index contributed by atoms with van der Waals surface area (Å²) in [4.78, 5) is 0.181. The van der Waals surface area contributed by atoms with Gasteiger partial charge in [-0.25, -0.2) is 8.42 Å². The Kier molecular flexibility index (Phi) is 7.31. The second-order valence-electron chi connectivity index (χ2n) is 7.84. The highest BCUT2D eigenvalue weighted by Crippen LogP contribution is 2.39. The molecule has 2 aromatic carbocycles. The molecule has 2 aromatic rings. The van der Waals surface area contributed by atoms with Crippen molar-refractivity contribution >= 4 is 10.0 Å². The smallest absolute Gasteiger partial charge is 0.245 e. The molecular formula is C23H31NO5S. The SMILES string of the molecule is CC[C@@H]1CO[C@H]([C@H]([C@H](O)c2ccccc2)[C@@H](O)CC)N1S(=O)(=O)c1ccc(C)cc1. The van der Waals surface area contributed by atoms with E-state index in [1.54, 1.807) is 55.5 Å². The first-order valence-electron chi connectivity index (χ1n) is 10.4. The molecular weight excluding hydrogens is 402 g/mol. The number of aliphatic hydroxyl groups is 2. The molecule has 1 aliphatic rings. The Hall–Kier alpha value is -1.77. The number of ether oxygens (including phenoxy) is 1. The van der Waals surface area contributed by atoms with Crippen molar-refractivity contribution in [2.24, 2.45) is 5.92 Å². The lowest BCUT2D eigenvalue weighted by molar-refractivity contribution is -0.0932. The van der Waals surface area contributed by atoms with E-state index in [0.29, 0.717) is 18.4 Å². The van der Waals surface area contributed by atoms with Crippen molar-refractivity contribution < 1.29 is 23.4 Å². The minimum atomic E-state index is -3.88. The maximum absolute atomic E-state index is 13.6. The third-order valence-electron chi connectivity index (χ3n) is 5.84. The zero-order valence-electron chi connectivity index (χ0n) is 17.7. The molecule has 0 aliphatic carbocycles. The van der Waals surface area contributed by atoms with Crippen LogP contribution in [0.15, 0.2) is 59.5 Å². The Bertz CT molecular complexity index is 916. The molecule has 1 fully saturated rings. The van der Waals surface area contributed by atoms with Crippen molar-refractivity contribution in [1.29, 1.82) is 0 Å². The predicted molar refractivity (Wildman–Crippen MR) is 115 cm³/mol. The standard InChI is InChI=1S/C23H31NO5S/c1-4-18-15-29-23(24(18)30(27,28)19-13-11-16(3)12-14-19)21(20(25)5-2)22(26)17-9-7-6-8-10-17/h6-14,18,20-23,25-26H,4-5,15H2,1-3H3/t18-,20+,21+,22-,23-/m1/s1. The third kappa shape index (κ3) is 4.45. The molecule has 0 saturated carbocycles. The summed E-state index contributed by atoms with van der Waals surface area (Å²) in [5.41, 5.74) is 1.58. The molecule has 7 heteroatoms. The molecule has 3 rings (SSSR count). The lowest BCUT2D eigenvalue weighted by Gasteiger charge is -2.37. The van der Waals surface area contributed by atoms with Crippen LogP contribution >= 0.6 is 0 Å². The van der Waals surface area contributed by atoms with Gasteiger partial charge in [-0.1, -0.05) is 61.9 Å². The van der Waals surface area contributed by atoms with Crippen molar-refractivity contribution in [3.63, 3.8) is 0 Å². The Morgan fingerprint density at radius 3 is 2.27 bits per heavy atom. The summed E-state index contributed by atoms with van der Waals surface area (Å²) in [7, 11) is -3.88. The van der Waals surface area contributed by atoms with E-state index in [-0.39, 0.29) is 17.5 Å². The first-order valence-corrected chi connectivity index (χ1v) is 11.9. The number of aliphatic hydroxyl groups excluding tert-OH is 2. The molecule has 30 heavy (non-hydrogen) atoms. The van der Waals surface area contributed by atoms with Gasteiger partial charge in [-0.3, -0.25) is 0 Å². The van der Waals surface area contributed by atoms with E-state index < -0.39 is 34.4 Å². The number of hydrogen-bond donors (Lipinski definition) is 2. The maximum atomic E-state index is 13.6. The molecule has 1 saturated heterocycles. The van der Waals surface area contributed by atoms with Crippen LogP contribution in [-0.4, -0.2) is 47.9 Å². The minimum absolute atomic E-state index is 0.181. The fourth-order valence-electron chi connectivity index (χ4n) is 4.01. The van der Waals surface area contributed by atoms with Gasteiger partial charge in [0.15, 0.2) is 0 Å². The number of nitrogens with zero attached hydrogens (tertiary/aromatic N) is 1. The number of rotatable bonds is 8. The van der Waals surface area contributed by atoms with Crippen LogP contribution in [0.2, 0.25) is 0 Å². The van der Waals surface area contributed by atoms with Gasteiger partial charge in [-0.15, -0.1) is 0 Å². The van der Waals surface area contributed by atoms with Crippen molar-refractivity contribution in [2.45, 2.75) is 63.0 Å². The van der Waals surface area contributed by atoms with Crippen molar-refractivity contribution in [3.05, 3.63) is 65.7 Å². The van der Waals surface area contributed by atoms with Crippen molar-refractivity contribution in [2.75, 3.05) is 6.61 Å². The van der Waals surface area contributed by atoms with Crippen LogP contribution in [0.25, 0.3) is 0 Å². The molecule has 0 aromatic heterocycles. The fourth-order valence-corrected chi connectivity index (χ4v) is 5.81. The molecule has 5 atom stereocenters. The van der Waals surface area contributed by atoms with Crippen LogP contribution in [0.1, 0.15) is 43.9 Å². The first kappa shape index (κ1) is 22.9. The molecule has 0 bridgehead atoms. The van der Waals surface area contributed by atoms with E-state index in [1.165, 1.54) is 4.31 Å². The van der Waals surface area contributed by atoms with E-state index in [0.717, 1.165) is 5.56 Å². The Morgan fingerprint density at radius 2 is 1.70 bits per heavy atom. The molecule has 2 N–H and O–H groups in total. The average Bonchev–Trinajstić information content (AvgIpc) is 3.19. The van der Waals surface area contributed by atoms with E-state index >= 15 is 0 Å². The van der Waals surface area contributed by atoms with Gasteiger partial charge >= 0.3 is 0 Å². The van der Waals surface area contributed by atoms with Crippen LogP contribution in [0, 0.1) is 12.8 Å². The van der Waals surface area contributed by atoms with Gasteiger partial charge in [0, 0.05) is 0 Å². The number of benzene rings is 2. The van der Waals surface area contributed by atoms with Gasteiger partial charge in [-0.05, 0) is 37.5 Å². The Balaban J connectivity index is 2.04. The molecule has 6 nitrogen and oxygen atoms in total. The van der Waals surface area contributed by atoms with Gasteiger partial charge in [-0.2, -0.15) is 4.31 Å². The number of aryl methyl sites for hydroxylation is 1. The van der Waals surface area contributed by atoms with Crippen LogP contribution in [0.4, 0.5) is 0 Å².